The van der Waals surface area contributed by atoms with Crippen LogP contribution in [0.25, 0.3) is 0 Å². The molecule has 0 aromatic heterocycles. The van der Waals surface area contributed by atoms with E-state index in [0.717, 1.165) is 8.95 Å². The highest BCUT2D eigenvalue weighted by molar-refractivity contribution is 9.10. The second-order valence-corrected chi connectivity index (χ2v) is 7.78. The van der Waals surface area contributed by atoms with Crippen LogP contribution < -0.4 is 10.1 Å². The van der Waals surface area contributed by atoms with E-state index in [0.29, 0.717) is 34.9 Å². The van der Waals surface area contributed by atoms with E-state index in [1.165, 1.54) is 0 Å². The molecule has 0 bridgehead atoms. The van der Waals surface area contributed by atoms with Crippen molar-refractivity contribution in [2.24, 2.45) is 4.99 Å². The van der Waals surface area contributed by atoms with Crippen molar-refractivity contribution in [3.63, 3.8) is 0 Å². The van der Waals surface area contributed by atoms with Crippen LogP contribution in [0.1, 0.15) is 22.8 Å². The highest BCUT2D eigenvalue weighted by Gasteiger charge is 2.10. The number of amides is 1. The summed E-state index contributed by atoms with van der Waals surface area (Å²) in [5, 5.41) is 13.2. The molecule has 148 valence electrons. The van der Waals surface area contributed by atoms with Gasteiger partial charge < -0.3 is 15.2 Å². The Balaban J connectivity index is 1.73. The van der Waals surface area contributed by atoms with Gasteiger partial charge in [-0.3, -0.25) is 9.79 Å². The summed E-state index contributed by atoms with van der Waals surface area (Å²) < 4.78 is 6.94. The largest absolute Gasteiger partial charge is 0.504 e. The van der Waals surface area contributed by atoms with E-state index < -0.39 is 0 Å². The minimum absolute atomic E-state index is 0.0381. The molecule has 0 aliphatic heterocycles. The summed E-state index contributed by atoms with van der Waals surface area (Å²) in [4.78, 5) is 16.8. The standard InChI is InChI=1S/C22H18Br2N2O3/c1-2-29-20-12-15(23)11-14(21(20)27)13-25-16-7-9-17(10-8-16)26-22(28)18-5-3-4-6-19(18)24/h3-13,27H,2H2,1H3,(H,26,28). The van der Waals surface area contributed by atoms with Crippen molar-refractivity contribution in [2.75, 3.05) is 11.9 Å². The summed E-state index contributed by atoms with van der Waals surface area (Å²) in [5.41, 5.74) is 2.44. The van der Waals surface area contributed by atoms with Crippen molar-refractivity contribution in [1.29, 1.82) is 0 Å². The van der Waals surface area contributed by atoms with Crippen LogP contribution in [0.4, 0.5) is 11.4 Å². The number of carbonyl (C=O) groups excluding carboxylic acids is 1. The molecule has 0 unspecified atom stereocenters. The van der Waals surface area contributed by atoms with Crippen molar-refractivity contribution in [1.82, 2.24) is 0 Å². The zero-order valence-corrected chi connectivity index (χ0v) is 18.7. The fourth-order valence-corrected chi connectivity index (χ4v) is 3.50. The fraction of sp³-hybridized carbons (Fsp3) is 0.0909. The van der Waals surface area contributed by atoms with Gasteiger partial charge in [0.1, 0.15) is 0 Å². The van der Waals surface area contributed by atoms with E-state index >= 15 is 0 Å². The molecule has 5 nitrogen and oxygen atoms in total. The highest BCUT2D eigenvalue weighted by atomic mass is 79.9. The Kier molecular flexibility index (Phi) is 7.06. The summed E-state index contributed by atoms with van der Waals surface area (Å²) in [6.45, 7) is 2.30. The molecule has 0 aliphatic carbocycles. The fourth-order valence-electron chi connectivity index (χ4n) is 2.58. The van der Waals surface area contributed by atoms with Gasteiger partial charge >= 0.3 is 0 Å². The Morgan fingerprint density at radius 2 is 1.86 bits per heavy atom. The van der Waals surface area contributed by atoms with Crippen LogP contribution in [0.3, 0.4) is 0 Å². The van der Waals surface area contributed by atoms with Crippen molar-refractivity contribution >= 4 is 55.4 Å². The minimum Gasteiger partial charge on any atom is -0.504 e. The van der Waals surface area contributed by atoms with Gasteiger partial charge in [-0.1, -0.05) is 28.1 Å². The number of nitrogens with one attached hydrogen (secondary N) is 1. The van der Waals surface area contributed by atoms with Gasteiger partial charge in [-0.05, 0) is 71.4 Å². The number of nitrogens with zero attached hydrogens (tertiary/aromatic N) is 1. The number of aromatic hydroxyl groups is 1. The number of carbonyl (C=O) groups is 1. The van der Waals surface area contributed by atoms with Crippen LogP contribution in [0.5, 0.6) is 11.5 Å². The predicted octanol–water partition coefficient (Wildman–Crippen LogP) is 6.32. The highest BCUT2D eigenvalue weighted by Crippen LogP contribution is 2.33. The maximum Gasteiger partial charge on any atom is 0.256 e. The van der Waals surface area contributed by atoms with Crippen LogP contribution in [-0.2, 0) is 0 Å². The van der Waals surface area contributed by atoms with Gasteiger partial charge in [0.15, 0.2) is 11.5 Å². The number of hydrogen-bond donors (Lipinski definition) is 2. The Bertz CT molecular complexity index is 1050. The molecule has 3 rings (SSSR count). The summed E-state index contributed by atoms with van der Waals surface area (Å²) >= 11 is 6.78. The number of phenols is 1. The summed E-state index contributed by atoms with van der Waals surface area (Å²) in [6.07, 6.45) is 1.57. The first-order chi connectivity index (χ1) is 14.0. The monoisotopic (exact) mass is 516 g/mol. The third-order valence-corrected chi connectivity index (χ3v) is 5.11. The van der Waals surface area contributed by atoms with Crippen molar-refractivity contribution < 1.29 is 14.6 Å². The number of rotatable bonds is 6. The lowest BCUT2D eigenvalue weighted by molar-refractivity contribution is 0.102. The number of benzene rings is 3. The van der Waals surface area contributed by atoms with Gasteiger partial charge in [0.2, 0.25) is 0 Å². The zero-order chi connectivity index (χ0) is 20.8. The average Bonchev–Trinajstić information content (AvgIpc) is 2.71. The molecule has 0 heterocycles. The van der Waals surface area contributed by atoms with E-state index in [1.54, 1.807) is 48.7 Å². The zero-order valence-electron chi connectivity index (χ0n) is 15.5. The SMILES string of the molecule is CCOc1cc(Br)cc(C=Nc2ccc(NC(=O)c3ccccc3Br)cc2)c1O. The number of aliphatic imine (C=N–C) groups is 1. The van der Waals surface area contributed by atoms with E-state index in [4.69, 9.17) is 4.74 Å². The predicted molar refractivity (Wildman–Crippen MR) is 123 cm³/mol. The second kappa shape index (κ2) is 9.71. The molecule has 0 aliphatic rings. The lowest BCUT2D eigenvalue weighted by Gasteiger charge is -2.09. The number of hydrogen-bond acceptors (Lipinski definition) is 4. The number of anilines is 1. The normalized spacial score (nSPS) is 10.9. The third kappa shape index (κ3) is 5.46. The lowest BCUT2D eigenvalue weighted by atomic mass is 10.2. The molecule has 2 N–H and O–H groups in total. The van der Waals surface area contributed by atoms with Crippen LogP contribution >= 0.6 is 31.9 Å². The van der Waals surface area contributed by atoms with E-state index in [1.807, 2.05) is 25.1 Å². The van der Waals surface area contributed by atoms with Gasteiger partial charge in [0, 0.05) is 26.4 Å². The van der Waals surface area contributed by atoms with Gasteiger partial charge in [-0.25, -0.2) is 0 Å². The Labute approximate surface area is 185 Å². The molecular weight excluding hydrogens is 500 g/mol. The number of phenolic OH excluding ortho intramolecular Hbond substituents is 1. The quantitative estimate of drug-likeness (QED) is 0.376. The average molecular weight is 518 g/mol. The summed E-state index contributed by atoms with van der Waals surface area (Å²) in [6, 6.07) is 17.8. The minimum atomic E-state index is -0.198. The molecule has 0 radical (unpaired) electrons. The molecule has 0 atom stereocenters. The lowest BCUT2D eigenvalue weighted by Crippen LogP contribution is -2.12. The number of ether oxygens (including phenoxy) is 1. The molecular formula is C22H18Br2N2O3. The van der Waals surface area contributed by atoms with Crippen molar-refractivity contribution in [3.8, 4) is 11.5 Å². The molecule has 0 saturated carbocycles. The Hall–Kier alpha value is -2.64. The van der Waals surface area contributed by atoms with Crippen LogP contribution in [0, 0.1) is 0 Å². The molecule has 3 aromatic rings. The first kappa shape index (κ1) is 21.1. The maximum atomic E-state index is 12.4. The smallest absolute Gasteiger partial charge is 0.256 e. The van der Waals surface area contributed by atoms with E-state index in [9.17, 15) is 9.90 Å². The van der Waals surface area contributed by atoms with Crippen LogP contribution in [0.2, 0.25) is 0 Å². The molecule has 29 heavy (non-hydrogen) atoms. The third-order valence-electron chi connectivity index (χ3n) is 3.97. The Morgan fingerprint density at radius 1 is 1.14 bits per heavy atom. The first-order valence-electron chi connectivity index (χ1n) is 8.83. The van der Waals surface area contributed by atoms with Crippen LogP contribution in [0.15, 0.2) is 74.6 Å². The van der Waals surface area contributed by atoms with E-state index in [-0.39, 0.29) is 11.7 Å². The summed E-state index contributed by atoms with van der Waals surface area (Å²) in [7, 11) is 0. The first-order valence-corrected chi connectivity index (χ1v) is 10.4. The number of halogens is 2. The van der Waals surface area contributed by atoms with E-state index in [2.05, 4.69) is 42.2 Å². The van der Waals surface area contributed by atoms with Gasteiger partial charge in [0.05, 0.1) is 17.9 Å². The maximum absolute atomic E-state index is 12.4. The Morgan fingerprint density at radius 3 is 2.55 bits per heavy atom. The molecule has 0 spiro atoms. The molecule has 7 heteroatoms. The van der Waals surface area contributed by atoms with Crippen molar-refractivity contribution in [3.05, 3.63) is 80.7 Å². The topological polar surface area (TPSA) is 70.9 Å². The van der Waals surface area contributed by atoms with Crippen LogP contribution in [-0.4, -0.2) is 23.8 Å². The molecule has 0 saturated heterocycles. The molecule has 0 fully saturated rings. The van der Waals surface area contributed by atoms with Gasteiger partial charge in [-0.15, -0.1) is 0 Å². The molecule has 3 aromatic carbocycles. The second-order valence-electron chi connectivity index (χ2n) is 6.01. The van der Waals surface area contributed by atoms with Gasteiger partial charge in [0.25, 0.3) is 5.91 Å². The molecule has 1 amide bonds. The summed E-state index contributed by atoms with van der Waals surface area (Å²) in [5.74, 6) is 0.237. The van der Waals surface area contributed by atoms with Gasteiger partial charge in [-0.2, -0.15) is 0 Å². The van der Waals surface area contributed by atoms with Crippen molar-refractivity contribution in [2.45, 2.75) is 6.92 Å².